The van der Waals surface area contributed by atoms with Crippen molar-refractivity contribution in [2.75, 3.05) is 0 Å². The highest BCUT2D eigenvalue weighted by Gasteiger charge is 2.63. The minimum absolute atomic E-state index is 0.0957. The molecule has 0 spiro atoms. The quantitative estimate of drug-likeness (QED) is 0.0466. The van der Waals surface area contributed by atoms with E-state index in [0.717, 1.165) is 33.7 Å². The van der Waals surface area contributed by atoms with Gasteiger partial charge in [0.15, 0.2) is 83.5 Å². The highest BCUT2D eigenvalue weighted by molar-refractivity contribution is 7.04. The summed E-state index contributed by atoms with van der Waals surface area (Å²) in [5, 5.41) is 0. The number of rotatable bonds is 14. The van der Waals surface area contributed by atoms with E-state index >= 15 is 35.1 Å². The second kappa shape index (κ2) is 34.3. The van der Waals surface area contributed by atoms with Crippen LogP contribution in [0.25, 0.3) is 0 Å². The lowest BCUT2D eigenvalue weighted by Crippen LogP contribution is -2.85. The third-order valence-corrected chi connectivity index (χ3v) is 18.6. The van der Waals surface area contributed by atoms with Crippen LogP contribution in [0.4, 0.5) is 87.8 Å². The fourth-order valence-electron chi connectivity index (χ4n) is 15.3. The van der Waals surface area contributed by atoms with E-state index in [1.807, 2.05) is 119 Å². The maximum atomic E-state index is 15.9. The summed E-state index contributed by atoms with van der Waals surface area (Å²) >= 11 is 0. The van der Waals surface area contributed by atoms with Crippen LogP contribution in [0.1, 0.15) is 81.1 Å². The van der Waals surface area contributed by atoms with Crippen LogP contribution in [-0.4, -0.2) is 60.0 Å². The maximum Gasteiger partial charge on any atom is 0.341 e. The Kier molecular flexibility index (Phi) is 27.1. The first-order valence-corrected chi connectivity index (χ1v) is 32.3. The Bertz CT molecular complexity index is 3550. The van der Waals surface area contributed by atoms with Crippen molar-refractivity contribution in [3.05, 3.63) is 287 Å². The Morgan fingerprint density at radius 3 is 0.570 bits per heavy atom. The molecule has 7 aromatic carbocycles. The highest BCUT2D eigenvalue weighted by atomic mass is 19.2. The molecular weight excluding hydrogens is 1340 g/mol. The average molecular weight is 1410 g/mol. The first-order valence-electron chi connectivity index (χ1n) is 32.3. The van der Waals surface area contributed by atoms with E-state index in [2.05, 4.69) is 0 Å². The van der Waals surface area contributed by atoms with Crippen LogP contribution in [0.5, 0.6) is 0 Å². The van der Waals surface area contributed by atoms with E-state index in [1.165, 1.54) is 36.4 Å². The Balaban J connectivity index is 0.000000223. The van der Waals surface area contributed by atoms with Gasteiger partial charge < -0.3 is 18.6 Å². The summed E-state index contributed by atoms with van der Waals surface area (Å²) in [6.07, 6.45) is -3.29. The largest absolute Gasteiger partial charge is 0.419 e. The zero-order valence-corrected chi connectivity index (χ0v) is 55.5. The Hall–Kier alpha value is -8.38. The standard InChI is InChI=1S/2C27H26B2F10N2.3C6H6/c2*1-13(2)41(14(3)4)28-10-8-9-15(28)29(40-11-6-5-7-12-40,16-18(30)22(34)26(38)23(35)19(16)31)17-20(32)24(36)27(39)25(37)21(17)33;3*1-2-4-6-5-3-1/h2*5-7,11-15H,8-10H2,1-4H3;3*1-6H/t2*15-;;;/m10.../s1. The van der Waals surface area contributed by atoms with Crippen LogP contribution in [0.2, 0.25) is 24.1 Å². The third kappa shape index (κ3) is 15.4. The number of hydrogen-bond donors (Lipinski definition) is 0. The number of nitrogens with zero attached hydrogens (tertiary/aromatic N) is 4. The molecule has 100 heavy (non-hydrogen) atoms. The number of halogens is 20. The van der Waals surface area contributed by atoms with Gasteiger partial charge in [0.05, 0.1) is 0 Å². The van der Waals surface area contributed by atoms with Gasteiger partial charge in [0.25, 0.3) is 0 Å². The molecular formula is C72H70B4F20N4. The van der Waals surface area contributed by atoms with Crippen molar-refractivity contribution in [1.29, 1.82) is 0 Å². The molecule has 4 nitrogen and oxygen atoms in total. The molecule has 2 atom stereocenters. The lowest BCUT2D eigenvalue weighted by atomic mass is 9.12. The van der Waals surface area contributed by atoms with Crippen LogP contribution >= 0.6 is 0 Å². The Morgan fingerprint density at radius 1 is 0.260 bits per heavy atom. The van der Waals surface area contributed by atoms with Crippen LogP contribution in [0.15, 0.2) is 170 Å². The first kappa shape index (κ1) is 79.0. The van der Waals surface area contributed by atoms with E-state index in [0.29, 0.717) is 0 Å². The number of pyridine rings is 2. The molecule has 2 aromatic heterocycles. The molecule has 530 valence electrons. The van der Waals surface area contributed by atoms with Crippen molar-refractivity contribution in [2.24, 2.45) is 0 Å². The van der Waals surface area contributed by atoms with Gasteiger partial charge >= 0.3 is 12.6 Å². The van der Waals surface area contributed by atoms with Gasteiger partial charge in [0, 0.05) is 0 Å². The molecule has 9 aromatic rings. The van der Waals surface area contributed by atoms with Crippen LogP contribution in [-0.2, 0) is 0 Å². The number of benzene rings is 7. The minimum Gasteiger partial charge on any atom is -0.419 e. The zero-order chi connectivity index (χ0) is 73.8. The van der Waals surface area contributed by atoms with Crippen LogP contribution in [0, 0.1) is 116 Å². The Labute approximate surface area is 568 Å². The van der Waals surface area contributed by atoms with Gasteiger partial charge in [0.1, 0.15) is 71.3 Å². The molecule has 0 radical (unpaired) electrons. The zero-order valence-electron chi connectivity index (χ0n) is 55.5. The lowest BCUT2D eigenvalue weighted by Gasteiger charge is -2.47. The van der Waals surface area contributed by atoms with Crippen molar-refractivity contribution >= 4 is 48.1 Å². The van der Waals surface area contributed by atoms with Crippen molar-refractivity contribution < 1.29 is 96.8 Å². The van der Waals surface area contributed by atoms with Crippen molar-refractivity contribution in [3.8, 4) is 0 Å². The van der Waals surface area contributed by atoms with Crippen LogP contribution < -0.4 is 30.8 Å². The summed E-state index contributed by atoms with van der Waals surface area (Å²) in [6, 6.07) is 42.6. The normalized spacial score (nSPS) is 14.7. The average Bonchev–Trinajstić information content (AvgIpc) is 1.07. The summed E-state index contributed by atoms with van der Waals surface area (Å²) in [5.74, 6) is -48.8. The first-order chi connectivity index (χ1) is 47.4. The molecule has 0 bridgehead atoms. The third-order valence-electron chi connectivity index (χ3n) is 18.6. The maximum absolute atomic E-state index is 15.9. The van der Waals surface area contributed by atoms with Gasteiger partial charge in [-0.25, -0.2) is 87.8 Å². The molecule has 0 saturated carbocycles. The molecule has 28 heteroatoms. The minimum atomic E-state index is -4.18. The van der Waals surface area contributed by atoms with Gasteiger partial charge in [-0.3, -0.25) is 0 Å². The molecule has 4 heterocycles. The topological polar surface area (TPSA) is 14.2 Å². The predicted octanol–water partition coefficient (Wildman–Crippen LogP) is 16.6. The van der Waals surface area contributed by atoms with E-state index in [4.69, 9.17) is 0 Å². The molecule has 0 N–H and O–H groups in total. The van der Waals surface area contributed by atoms with Crippen LogP contribution in [0.3, 0.4) is 0 Å². The molecule has 0 aliphatic carbocycles. The highest BCUT2D eigenvalue weighted by Crippen LogP contribution is 2.44. The monoisotopic (exact) mass is 1410 g/mol. The molecule has 2 fully saturated rings. The number of aromatic nitrogens is 2. The Morgan fingerprint density at radius 2 is 0.410 bits per heavy atom. The molecule has 0 amide bonds. The van der Waals surface area contributed by atoms with Gasteiger partial charge in [-0.2, -0.15) is 0 Å². The molecule has 2 saturated heterocycles. The predicted molar refractivity (Wildman–Crippen MR) is 350 cm³/mol. The van der Waals surface area contributed by atoms with Crippen molar-refractivity contribution in [1.82, 2.24) is 9.62 Å². The molecule has 2 aliphatic heterocycles. The molecule has 11 rings (SSSR count). The van der Waals surface area contributed by atoms with Crippen molar-refractivity contribution in [3.63, 3.8) is 0 Å². The van der Waals surface area contributed by atoms with Crippen molar-refractivity contribution in [2.45, 2.75) is 129 Å². The summed E-state index contributed by atoms with van der Waals surface area (Å²) in [4.78, 5) is 3.69. The second-order valence-corrected chi connectivity index (χ2v) is 25.4. The SMILES string of the molecule is CC(C)N(B1CCC[C@@H]1[B-](c1c(F)c(F)c(F)c(F)c1F)(c1c(F)c(F)c(F)c(F)c1F)[n+]1ccccc1)C(C)C.CC(C)N(B1CCC[C@H]1[B-](c1c(F)c(F)c(F)c(F)c1F)(c1c(F)c(F)c(F)c(F)c1F)[n+]1ccccc1)C(C)C.c1ccccc1.c1ccccc1.c1ccccc1. The number of hydrogen-bond acceptors (Lipinski definition) is 2. The summed E-state index contributed by atoms with van der Waals surface area (Å²) in [6.45, 7) is 12.5. The fraction of sp³-hybridized carbons (Fsp3) is 0.278. The lowest BCUT2D eigenvalue weighted by molar-refractivity contribution is -0.543. The van der Waals surface area contributed by atoms with Gasteiger partial charge in [-0.15, -0.1) is 0 Å². The van der Waals surface area contributed by atoms with Gasteiger partial charge in [0.2, 0.25) is 0 Å². The van der Waals surface area contributed by atoms with Gasteiger partial charge in [-0.05, 0) is 48.4 Å². The summed E-state index contributed by atoms with van der Waals surface area (Å²) < 4.78 is 304. The van der Waals surface area contributed by atoms with E-state index in [9.17, 15) is 52.7 Å². The molecule has 2 aliphatic rings. The summed E-state index contributed by atoms with van der Waals surface area (Å²) in [7, 11) is 0. The second-order valence-electron chi connectivity index (χ2n) is 25.4. The van der Waals surface area contributed by atoms with Gasteiger partial charge in [-0.1, -0.05) is 248 Å². The summed E-state index contributed by atoms with van der Waals surface area (Å²) in [5.41, 5.74) is -9.41. The van der Waals surface area contributed by atoms with E-state index < -0.39 is 176 Å². The van der Waals surface area contributed by atoms with E-state index in [1.54, 1.807) is 55.4 Å². The fourth-order valence-corrected chi connectivity index (χ4v) is 15.3. The smallest absolute Gasteiger partial charge is 0.341 e. The molecule has 0 unspecified atom stereocenters. The van der Waals surface area contributed by atoms with E-state index in [-0.39, 0.29) is 62.5 Å².